The molecular weight excluding hydrogens is 468 g/mol. The first-order valence-electron chi connectivity index (χ1n) is 10.5. The number of hydrogen-bond acceptors (Lipinski definition) is 10. The average molecular weight is 495 g/mol. The third-order valence-electron chi connectivity index (χ3n) is 5.64. The molecule has 3 aromatic rings. The summed E-state index contributed by atoms with van der Waals surface area (Å²) in [5, 5.41) is 18.4. The Balaban J connectivity index is 1.72. The number of nitrogens with zero attached hydrogens (tertiary/aromatic N) is 5. The van der Waals surface area contributed by atoms with E-state index in [1.54, 1.807) is 25.3 Å². The number of ether oxygens (including phenoxy) is 1. The number of aromatic nitrogens is 4. The minimum atomic E-state index is -3.96. The van der Waals surface area contributed by atoms with Crippen LogP contribution in [0.2, 0.25) is 0 Å². The summed E-state index contributed by atoms with van der Waals surface area (Å²) in [4.78, 5) is 20.0. The van der Waals surface area contributed by atoms with Gasteiger partial charge in [0.2, 0.25) is 20.9 Å². The van der Waals surface area contributed by atoms with E-state index in [1.807, 2.05) is 0 Å². The molecule has 0 bridgehead atoms. The Morgan fingerprint density at radius 1 is 1.30 bits per heavy atom. The van der Waals surface area contributed by atoms with E-state index in [4.69, 9.17) is 4.74 Å². The van der Waals surface area contributed by atoms with Crippen molar-refractivity contribution in [1.82, 2.24) is 24.3 Å². The van der Waals surface area contributed by atoms with Crippen molar-refractivity contribution in [2.45, 2.75) is 69.0 Å². The number of hydrogen-bond donors (Lipinski definition) is 2. The lowest BCUT2D eigenvalue weighted by molar-refractivity contribution is 0.0773. The van der Waals surface area contributed by atoms with Crippen LogP contribution in [-0.4, -0.2) is 52.3 Å². The van der Waals surface area contributed by atoms with Crippen LogP contribution < -0.4 is 9.46 Å². The van der Waals surface area contributed by atoms with Crippen molar-refractivity contribution in [1.29, 1.82) is 0 Å². The number of fused-ring (bicyclic) bond motifs is 1. The largest absolute Gasteiger partial charge is 0.480 e. The zero-order valence-electron chi connectivity index (χ0n) is 18.8. The molecule has 13 heteroatoms. The van der Waals surface area contributed by atoms with E-state index in [-0.39, 0.29) is 22.9 Å². The highest BCUT2D eigenvalue weighted by molar-refractivity contribution is 7.89. The lowest BCUT2D eigenvalue weighted by Gasteiger charge is -2.25. The highest BCUT2D eigenvalue weighted by Gasteiger charge is 2.30. The first-order valence-corrected chi connectivity index (χ1v) is 12.8. The van der Waals surface area contributed by atoms with Crippen LogP contribution in [0.1, 0.15) is 50.2 Å². The molecule has 0 aromatic carbocycles. The summed E-state index contributed by atoms with van der Waals surface area (Å²) in [6.45, 7) is 5.08. The van der Waals surface area contributed by atoms with Crippen LogP contribution in [0.5, 0.6) is 5.88 Å². The Morgan fingerprint density at radius 3 is 2.61 bits per heavy atom. The van der Waals surface area contributed by atoms with E-state index in [0.717, 1.165) is 0 Å². The van der Waals surface area contributed by atoms with Gasteiger partial charge in [0.15, 0.2) is 0 Å². The van der Waals surface area contributed by atoms with Crippen LogP contribution >= 0.6 is 11.3 Å². The monoisotopic (exact) mass is 494 g/mol. The molecular formula is C20H26N6O5S2. The Kier molecular flexibility index (Phi) is 6.24. The zero-order valence-corrected chi connectivity index (χ0v) is 20.4. The van der Waals surface area contributed by atoms with Gasteiger partial charge in [-0.2, -0.15) is 10.0 Å². The Morgan fingerprint density at radius 2 is 2.00 bits per heavy atom. The lowest BCUT2D eigenvalue weighted by Crippen LogP contribution is -2.38. The summed E-state index contributed by atoms with van der Waals surface area (Å²) in [5.74, 6) is -0.0247. The molecule has 11 nitrogen and oxygen atoms in total. The third-order valence-corrected chi connectivity index (χ3v) is 8.38. The SMILES string of the molecule is COc1ncc(-c2c(C)nc3sc(C(C)(C)O)nn23)cc1S(=O)(=O)N[C@H]1CC[C@H](N=O)CC1. The molecule has 0 unspecified atom stereocenters. The number of methoxy groups -OCH3 is 1. The molecule has 1 aliphatic rings. The summed E-state index contributed by atoms with van der Waals surface area (Å²) in [6, 6.07) is 0.939. The number of aliphatic hydroxyl groups is 1. The van der Waals surface area contributed by atoms with Crippen LogP contribution in [0, 0.1) is 11.8 Å². The molecule has 1 saturated carbocycles. The maximum absolute atomic E-state index is 13.3. The molecule has 2 N–H and O–H groups in total. The number of rotatable bonds is 7. The number of imidazole rings is 1. The molecule has 3 aromatic heterocycles. The normalized spacial score (nSPS) is 19.7. The van der Waals surface area contributed by atoms with E-state index in [1.165, 1.54) is 30.7 Å². The number of sulfonamides is 1. The Hall–Kier alpha value is -2.48. The van der Waals surface area contributed by atoms with Gasteiger partial charge in [0, 0.05) is 17.8 Å². The molecule has 0 saturated heterocycles. The van der Waals surface area contributed by atoms with E-state index in [0.29, 0.717) is 52.6 Å². The molecule has 1 aliphatic carbocycles. The summed E-state index contributed by atoms with van der Waals surface area (Å²) in [7, 11) is -2.60. The highest BCUT2D eigenvalue weighted by atomic mass is 32.2. The second kappa shape index (κ2) is 8.70. The molecule has 0 aliphatic heterocycles. The number of aryl methyl sites for hydroxylation is 1. The zero-order chi connectivity index (χ0) is 24.0. The summed E-state index contributed by atoms with van der Waals surface area (Å²) in [6.07, 6.45) is 3.68. The summed E-state index contributed by atoms with van der Waals surface area (Å²) < 4.78 is 36.1. The van der Waals surface area contributed by atoms with Gasteiger partial charge in [-0.05, 0) is 52.5 Å². The molecule has 0 atom stereocenters. The van der Waals surface area contributed by atoms with Crippen LogP contribution in [0.25, 0.3) is 16.2 Å². The number of nitroso groups, excluding NO2 is 1. The first kappa shape index (κ1) is 23.7. The topological polar surface area (TPSA) is 148 Å². The fourth-order valence-corrected chi connectivity index (χ4v) is 6.31. The predicted octanol–water partition coefficient (Wildman–Crippen LogP) is 2.75. The van der Waals surface area contributed by atoms with Gasteiger partial charge in [-0.15, -0.1) is 0 Å². The Labute approximate surface area is 195 Å². The van der Waals surface area contributed by atoms with Crippen molar-refractivity contribution in [3.63, 3.8) is 0 Å². The van der Waals surface area contributed by atoms with Gasteiger partial charge >= 0.3 is 0 Å². The fraction of sp³-hybridized carbons (Fsp3) is 0.550. The molecule has 0 spiro atoms. The molecule has 4 rings (SSSR count). The Bertz CT molecular complexity index is 1290. The third kappa shape index (κ3) is 4.63. The highest BCUT2D eigenvalue weighted by Crippen LogP contribution is 2.34. The van der Waals surface area contributed by atoms with Gasteiger partial charge in [-0.25, -0.2) is 27.6 Å². The summed E-state index contributed by atoms with van der Waals surface area (Å²) >= 11 is 1.26. The predicted molar refractivity (Wildman–Crippen MR) is 123 cm³/mol. The minimum Gasteiger partial charge on any atom is -0.480 e. The van der Waals surface area contributed by atoms with Gasteiger partial charge in [-0.3, -0.25) is 0 Å². The van der Waals surface area contributed by atoms with Crippen molar-refractivity contribution in [2.75, 3.05) is 7.11 Å². The van der Waals surface area contributed by atoms with Crippen molar-refractivity contribution in [3.05, 3.63) is 27.9 Å². The van der Waals surface area contributed by atoms with E-state index < -0.39 is 15.6 Å². The van der Waals surface area contributed by atoms with Crippen molar-refractivity contribution in [3.8, 4) is 17.1 Å². The second-order valence-electron chi connectivity index (χ2n) is 8.67. The maximum Gasteiger partial charge on any atom is 0.246 e. The minimum absolute atomic E-state index is 0.0247. The smallest absolute Gasteiger partial charge is 0.246 e. The molecule has 0 amide bonds. The maximum atomic E-state index is 13.3. The van der Waals surface area contributed by atoms with E-state index in [9.17, 15) is 18.4 Å². The van der Waals surface area contributed by atoms with Crippen LogP contribution in [0.4, 0.5) is 0 Å². The van der Waals surface area contributed by atoms with Gasteiger partial charge in [0.05, 0.1) is 24.5 Å². The van der Waals surface area contributed by atoms with Crippen LogP contribution in [0.3, 0.4) is 0 Å². The quantitative estimate of drug-likeness (QED) is 0.476. The van der Waals surface area contributed by atoms with Crippen molar-refractivity contribution >= 4 is 26.3 Å². The van der Waals surface area contributed by atoms with E-state index in [2.05, 4.69) is 25.0 Å². The van der Waals surface area contributed by atoms with Crippen LogP contribution in [0.15, 0.2) is 22.3 Å². The molecule has 1 fully saturated rings. The summed E-state index contributed by atoms with van der Waals surface area (Å²) in [5.41, 5.74) is 0.605. The first-order chi connectivity index (χ1) is 15.5. The van der Waals surface area contributed by atoms with Gasteiger partial charge < -0.3 is 9.84 Å². The van der Waals surface area contributed by atoms with Crippen LogP contribution in [-0.2, 0) is 15.6 Å². The lowest BCUT2D eigenvalue weighted by atomic mass is 9.92. The van der Waals surface area contributed by atoms with Crippen molar-refractivity contribution in [2.24, 2.45) is 5.18 Å². The molecule has 3 heterocycles. The second-order valence-corrected chi connectivity index (χ2v) is 11.3. The average Bonchev–Trinajstić information content (AvgIpc) is 3.30. The molecule has 33 heavy (non-hydrogen) atoms. The van der Waals surface area contributed by atoms with Gasteiger partial charge in [0.25, 0.3) is 0 Å². The number of pyridine rings is 1. The number of nitrogens with one attached hydrogen (secondary N) is 1. The standard InChI is InChI=1S/C20H26N6O5S2/c1-11-16(26-19(22-11)32-18(23-26)20(2,3)27)12-9-15(17(31-4)21-10-12)33(29,30)25-14-7-5-13(24-28)6-8-14/h9-10,13-14,25,27H,5-8H2,1-4H3/t13-,14-. The molecule has 0 radical (unpaired) electrons. The van der Waals surface area contributed by atoms with Crippen molar-refractivity contribution < 1.29 is 18.3 Å². The fourth-order valence-electron chi connectivity index (χ4n) is 3.92. The van der Waals surface area contributed by atoms with Gasteiger partial charge in [-0.1, -0.05) is 16.5 Å². The van der Waals surface area contributed by atoms with Gasteiger partial charge in [0.1, 0.15) is 15.5 Å². The van der Waals surface area contributed by atoms with E-state index >= 15 is 0 Å². The molecule has 178 valence electrons.